The first-order chi connectivity index (χ1) is 18.0. The number of likely N-dealkylation sites (tertiary alicyclic amines) is 1. The van der Waals surface area contributed by atoms with E-state index in [-0.39, 0.29) is 29.3 Å². The molecule has 2 N–H and O–H groups in total. The number of methoxy groups -OCH3 is 1. The first kappa shape index (κ1) is 23.6. The summed E-state index contributed by atoms with van der Waals surface area (Å²) in [4.78, 5) is 18.8. The Kier molecular flexibility index (Phi) is 5.88. The topological polar surface area (TPSA) is 110 Å². The predicted octanol–water partition coefficient (Wildman–Crippen LogP) is 1.77. The predicted molar refractivity (Wildman–Crippen MR) is 130 cm³/mol. The largest absolute Gasteiger partial charge is 0.479 e. The van der Waals surface area contributed by atoms with Crippen molar-refractivity contribution >= 4 is 22.9 Å². The quantitative estimate of drug-likeness (QED) is 0.402. The van der Waals surface area contributed by atoms with E-state index in [0.717, 1.165) is 6.54 Å². The number of pyridine rings is 1. The van der Waals surface area contributed by atoms with E-state index < -0.39 is 18.0 Å². The van der Waals surface area contributed by atoms with E-state index >= 15 is 4.39 Å². The van der Waals surface area contributed by atoms with Crippen molar-refractivity contribution in [2.45, 2.75) is 24.7 Å². The van der Waals surface area contributed by atoms with Crippen molar-refractivity contribution in [2.24, 2.45) is 0 Å². The van der Waals surface area contributed by atoms with Gasteiger partial charge in [-0.15, -0.1) is 5.10 Å². The minimum absolute atomic E-state index is 0.135. The maximum Gasteiger partial charge on any atom is 0.254 e. The zero-order valence-corrected chi connectivity index (χ0v) is 20.3. The number of halogens is 2. The third-order valence-electron chi connectivity index (χ3n) is 7.05. The second-order valence-corrected chi connectivity index (χ2v) is 9.21. The molecule has 2 saturated heterocycles. The molecule has 6 heterocycles. The number of rotatable bonds is 6. The zero-order valence-electron chi connectivity index (χ0n) is 20.3. The van der Waals surface area contributed by atoms with Crippen LogP contribution in [-0.4, -0.2) is 93.7 Å². The van der Waals surface area contributed by atoms with Gasteiger partial charge in [0.15, 0.2) is 5.82 Å². The van der Waals surface area contributed by atoms with Gasteiger partial charge >= 0.3 is 0 Å². The van der Waals surface area contributed by atoms with Gasteiger partial charge in [-0.1, -0.05) is 0 Å². The van der Waals surface area contributed by atoms with Crippen LogP contribution in [0.4, 0.5) is 14.7 Å². The van der Waals surface area contributed by atoms with Crippen LogP contribution in [0.1, 0.15) is 16.8 Å². The number of carbonyl (C=O) groups excluding carboxylic acids is 1. The summed E-state index contributed by atoms with van der Waals surface area (Å²) in [6.45, 7) is 2.33. The highest BCUT2D eigenvalue weighted by molar-refractivity contribution is 6.01. The minimum Gasteiger partial charge on any atom is -0.479 e. The molecular formula is C24H26F2N8O3. The van der Waals surface area contributed by atoms with E-state index in [1.54, 1.807) is 18.3 Å². The second-order valence-electron chi connectivity index (χ2n) is 9.21. The van der Waals surface area contributed by atoms with Gasteiger partial charge in [0.25, 0.3) is 5.91 Å². The minimum atomic E-state index is -1.12. The summed E-state index contributed by atoms with van der Waals surface area (Å²) in [5, 5.41) is 14.2. The Bertz CT molecular complexity index is 1480. The molecule has 2 aliphatic rings. The maximum atomic E-state index is 15.3. The number of nitrogens with one attached hydrogen (secondary N) is 2. The van der Waals surface area contributed by atoms with Crippen molar-refractivity contribution in [1.82, 2.24) is 34.4 Å². The number of hydrogen-bond acceptors (Lipinski definition) is 8. The van der Waals surface area contributed by atoms with Gasteiger partial charge < -0.3 is 20.1 Å². The number of carbonyl (C=O) groups is 1. The number of hydrogen-bond donors (Lipinski definition) is 2. The molecule has 2 atom stereocenters. The van der Waals surface area contributed by atoms with Gasteiger partial charge in [-0.3, -0.25) is 9.69 Å². The van der Waals surface area contributed by atoms with Crippen LogP contribution in [0.2, 0.25) is 0 Å². The molecule has 6 rings (SSSR count). The lowest BCUT2D eigenvalue weighted by Gasteiger charge is -2.42. The van der Waals surface area contributed by atoms with E-state index in [1.807, 2.05) is 0 Å². The Morgan fingerprint density at radius 2 is 2.14 bits per heavy atom. The van der Waals surface area contributed by atoms with E-state index in [2.05, 4.69) is 30.7 Å². The van der Waals surface area contributed by atoms with Gasteiger partial charge in [0, 0.05) is 26.3 Å². The molecule has 0 unspecified atom stereocenters. The Labute approximate surface area is 210 Å². The molecule has 0 saturated carbocycles. The summed E-state index contributed by atoms with van der Waals surface area (Å²) >= 11 is 0. The molecule has 4 aromatic rings. The van der Waals surface area contributed by atoms with Crippen molar-refractivity contribution in [3.63, 3.8) is 0 Å². The molecule has 13 heteroatoms. The van der Waals surface area contributed by atoms with Crippen LogP contribution in [-0.2, 0) is 4.74 Å². The first-order valence-electron chi connectivity index (χ1n) is 12.0. The number of fused-ring (bicyclic) bond motifs is 2. The summed E-state index contributed by atoms with van der Waals surface area (Å²) < 4.78 is 43.9. The van der Waals surface area contributed by atoms with Crippen molar-refractivity contribution in [2.75, 3.05) is 45.8 Å². The van der Waals surface area contributed by atoms with Crippen LogP contribution in [0.15, 0.2) is 30.7 Å². The SMILES string of the molecule is CNC(=O)c1cnn2ccc(-c3c(F)cn4nc(N[C@@H]5CCN(C6COC6)C[C@@H]5F)nc(OC)c34)cc12. The molecular weight excluding hydrogens is 486 g/mol. The van der Waals surface area contributed by atoms with Crippen LogP contribution in [0, 0.1) is 5.82 Å². The van der Waals surface area contributed by atoms with Crippen LogP contribution in [0.5, 0.6) is 5.88 Å². The van der Waals surface area contributed by atoms with E-state index in [9.17, 15) is 9.18 Å². The van der Waals surface area contributed by atoms with Crippen LogP contribution in [0.3, 0.4) is 0 Å². The fraction of sp³-hybridized carbons (Fsp3) is 0.417. The average Bonchev–Trinajstić information content (AvgIpc) is 3.43. The summed E-state index contributed by atoms with van der Waals surface area (Å²) in [5.41, 5.74) is 1.90. The number of ether oxygens (including phenoxy) is 2. The molecule has 11 nitrogen and oxygen atoms in total. The third-order valence-corrected chi connectivity index (χ3v) is 7.05. The van der Waals surface area contributed by atoms with Crippen LogP contribution in [0.25, 0.3) is 22.2 Å². The molecule has 4 aromatic heterocycles. The number of alkyl halides is 1. The number of piperidine rings is 1. The summed E-state index contributed by atoms with van der Waals surface area (Å²) in [7, 11) is 2.96. The van der Waals surface area contributed by atoms with Crippen molar-refractivity contribution in [3.05, 3.63) is 42.1 Å². The molecule has 0 spiro atoms. The molecule has 0 aromatic carbocycles. The van der Waals surface area contributed by atoms with E-state index in [0.29, 0.717) is 48.3 Å². The highest BCUT2D eigenvalue weighted by Crippen LogP contribution is 2.35. The summed E-state index contributed by atoms with van der Waals surface area (Å²) in [6, 6.07) is 3.16. The molecule has 0 radical (unpaired) electrons. The molecule has 0 bridgehead atoms. The first-order valence-corrected chi connectivity index (χ1v) is 12.0. The maximum absolute atomic E-state index is 15.3. The standard InChI is InChI=1S/C24H26F2N8O3/c1-27-22(35)15-8-28-33-6-3-13(7-19(15)33)20-17(26)10-34-21(20)23(36-2)30-24(31-34)29-18-4-5-32(9-16(18)25)14-11-37-12-14/h3,6-8,10,14,16,18H,4-5,9,11-12H2,1-2H3,(H,27,35)(H,29,31)/t16-,18+/m0/s1. The Morgan fingerprint density at radius 1 is 1.30 bits per heavy atom. The van der Waals surface area contributed by atoms with Gasteiger partial charge in [-0.05, 0) is 24.1 Å². The van der Waals surface area contributed by atoms with Gasteiger partial charge in [0.05, 0.1) is 61.4 Å². The monoisotopic (exact) mass is 512 g/mol. The molecule has 0 aliphatic carbocycles. The number of aromatic nitrogens is 5. The smallest absolute Gasteiger partial charge is 0.254 e. The molecule has 37 heavy (non-hydrogen) atoms. The summed E-state index contributed by atoms with van der Waals surface area (Å²) in [6.07, 6.45) is 3.79. The highest BCUT2D eigenvalue weighted by atomic mass is 19.1. The van der Waals surface area contributed by atoms with Gasteiger partial charge in [-0.2, -0.15) is 10.1 Å². The number of anilines is 1. The van der Waals surface area contributed by atoms with Crippen molar-refractivity contribution < 1.29 is 23.0 Å². The van der Waals surface area contributed by atoms with Gasteiger partial charge in [-0.25, -0.2) is 17.8 Å². The van der Waals surface area contributed by atoms with E-state index in [1.165, 1.54) is 35.6 Å². The van der Waals surface area contributed by atoms with Crippen molar-refractivity contribution in [1.29, 1.82) is 0 Å². The fourth-order valence-electron chi connectivity index (χ4n) is 4.97. The van der Waals surface area contributed by atoms with Crippen LogP contribution >= 0.6 is 0 Å². The zero-order chi connectivity index (χ0) is 25.7. The molecule has 2 fully saturated rings. The Morgan fingerprint density at radius 3 is 2.84 bits per heavy atom. The Balaban J connectivity index is 1.33. The fourth-order valence-corrected chi connectivity index (χ4v) is 4.97. The highest BCUT2D eigenvalue weighted by Gasteiger charge is 2.36. The molecule has 1 amide bonds. The normalized spacial score (nSPS) is 20.8. The average molecular weight is 513 g/mol. The number of nitrogens with zero attached hydrogens (tertiary/aromatic N) is 6. The summed E-state index contributed by atoms with van der Waals surface area (Å²) in [5.74, 6) is -0.568. The molecule has 2 aliphatic heterocycles. The van der Waals surface area contributed by atoms with E-state index in [4.69, 9.17) is 9.47 Å². The lowest BCUT2D eigenvalue weighted by molar-refractivity contribution is -0.0794. The lowest BCUT2D eigenvalue weighted by Crippen LogP contribution is -2.57. The lowest BCUT2D eigenvalue weighted by atomic mass is 10.0. The third kappa shape index (κ3) is 4.03. The Hall–Kier alpha value is -3.84. The molecule has 194 valence electrons. The van der Waals surface area contributed by atoms with Gasteiger partial charge in [0.2, 0.25) is 11.8 Å². The second kappa shape index (κ2) is 9.23. The van der Waals surface area contributed by atoms with Crippen LogP contribution < -0.4 is 15.4 Å². The number of amides is 1. The van der Waals surface area contributed by atoms with Crippen molar-refractivity contribution in [3.8, 4) is 17.0 Å². The van der Waals surface area contributed by atoms with Gasteiger partial charge in [0.1, 0.15) is 11.7 Å².